The fraction of sp³-hybridized carbons (Fsp3) is 0.938. The minimum atomic E-state index is -0.847. The number of hydrogen-bond acceptors (Lipinski definition) is 4. The summed E-state index contributed by atoms with van der Waals surface area (Å²) >= 11 is 0. The molecule has 0 bridgehead atoms. The van der Waals surface area contributed by atoms with E-state index in [1.54, 1.807) is 0 Å². The van der Waals surface area contributed by atoms with Gasteiger partial charge in [0.25, 0.3) is 0 Å². The first-order chi connectivity index (χ1) is 9.67. The van der Waals surface area contributed by atoms with E-state index in [1.807, 2.05) is 34.6 Å². The Labute approximate surface area is 127 Å². The first-order valence-electron chi connectivity index (χ1n) is 7.99. The van der Waals surface area contributed by atoms with Gasteiger partial charge in [0.15, 0.2) is 0 Å². The lowest BCUT2D eigenvalue weighted by atomic mass is 9.46. The van der Waals surface area contributed by atoms with Crippen LogP contribution >= 0.6 is 0 Å². The molecule has 3 N–H and O–H groups in total. The van der Waals surface area contributed by atoms with Gasteiger partial charge in [0.05, 0.1) is 11.7 Å². The zero-order valence-electron chi connectivity index (χ0n) is 14.0. The van der Waals surface area contributed by atoms with Crippen LogP contribution in [0.25, 0.3) is 0 Å². The quantitative estimate of drug-likeness (QED) is 0.806. The van der Waals surface area contributed by atoms with Gasteiger partial charge in [0.2, 0.25) is 5.91 Å². The smallest absolute Gasteiger partial charge is 0.241 e. The van der Waals surface area contributed by atoms with Gasteiger partial charge >= 0.3 is 0 Å². The Balaban J connectivity index is 2.04. The maximum Gasteiger partial charge on any atom is 0.241 e. The van der Waals surface area contributed by atoms with Crippen molar-refractivity contribution < 1.29 is 14.3 Å². The van der Waals surface area contributed by atoms with E-state index in [1.165, 1.54) is 0 Å². The van der Waals surface area contributed by atoms with Crippen molar-refractivity contribution in [3.8, 4) is 0 Å². The molecule has 1 amide bonds. The summed E-state index contributed by atoms with van der Waals surface area (Å²) < 4.78 is 11.5. The molecule has 0 radical (unpaired) electrons. The van der Waals surface area contributed by atoms with Gasteiger partial charge < -0.3 is 20.5 Å². The van der Waals surface area contributed by atoms with E-state index >= 15 is 0 Å². The van der Waals surface area contributed by atoms with Crippen LogP contribution in [0.5, 0.6) is 0 Å². The van der Waals surface area contributed by atoms with Crippen LogP contribution in [0.4, 0.5) is 0 Å². The molecule has 0 aromatic rings. The zero-order valence-corrected chi connectivity index (χ0v) is 14.0. The highest BCUT2D eigenvalue weighted by molar-refractivity contribution is 5.89. The van der Waals surface area contributed by atoms with E-state index in [4.69, 9.17) is 15.2 Å². The van der Waals surface area contributed by atoms with Gasteiger partial charge in [-0.2, -0.15) is 0 Å². The van der Waals surface area contributed by atoms with Crippen LogP contribution < -0.4 is 11.1 Å². The number of nitrogens with two attached hydrogens (primary N) is 1. The summed E-state index contributed by atoms with van der Waals surface area (Å²) in [5, 5.41) is 2.99. The third-order valence-corrected chi connectivity index (χ3v) is 5.27. The number of rotatable bonds is 5. The van der Waals surface area contributed by atoms with Crippen LogP contribution in [-0.4, -0.2) is 42.9 Å². The lowest BCUT2D eigenvalue weighted by Crippen LogP contribution is -2.82. The molecule has 21 heavy (non-hydrogen) atoms. The fourth-order valence-corrected chi connectivity index (χ4v) is 3.92. The van der Waals surface area contributed by atoms with Crippen molar-refractivity contribution in [3.05, 3.63) is 0 Å². The maximum atomic E-state index is 12.7. The molecular formula is C16H30N2O3. The Kier molecular flexibility index (Phi) is 4.40. The van der Waals surface area contributed by atoms with E-state index in [0.717, 1.165) is 19.4 Å². The summed E-state index contributed by atoms with van der Waals surface area (Å²) in [6, 6.07) is 0. The predicted octanol–water partition coefficient (Wildman–Crippen LogP) is 1.45. The summed E-state index contributed by atoms with van der Waals surface area (Å²) in [6.07, 6.45) is 2.04. The number of carbonyl (C=O) groups is 1. The van der Waals surface area contributed by atoms with Gasteiger partial charge in [-0.05, 0) is 33.6 Å². The van der Waals surface area contributed by atoms with Crippen LogP contribution in [0.2, 0.25) is 0 Å². The zero-order chi connectivity index (χ0) is 15.9. The molecule has 1 saturated heterocycles. The van der Waals surface area contributed by atoms with Gasteiger partial charge in [-0.3, -0.25) is 4.79 Å². The number of fused-ring (bicyclic) bond motifs is 1. The molecule has 5 heteroatoms. The van der Waals surface area contributed by atoms with Gasteiger partial charge in [-0.25, -0.2) is 0 Å². The highest BCUT2D eigenvalue weighted by atomic mass is 16.5. The largest absolute Gasteiger partial charge is 0.377 e. The van der Waals surface area contributed by atoms with Crippen molar-refractivity contribution in [3.63, 3.8) is 0 Å². The second-order valence-electron chi connectivity index (χ2n) is 7.51. The molecule has 5 nitrogen and oxygen atoms in total. The first-order valence-corrected chi connectivity index (χ1v) is 7.99. The van der Waals surface area contributed by atoms with Crippen LogP contribution in [0.1, 0.15) is 47.5 Å². The van der Waals surface area contributed by atoms with Gasteiger partial charge in [-0.15, -0.1) is 0 Å². The molecule has 1 aliphatic carbocycles. The van der Waals surface area contributed by atoms with E-state index in [9.17, 15) is 4.79 Å². The summed E-state index contributed by atoms with van der Waals surface area (Å²) in [5.41, 5.74) is 4.99. The van der Waals surface area contributed by atoms with Crippen LogP contribution in [0, 0.1) is 11.3 Å². The van der Waals surface area contributed by atoms with Crippen molar-refractivity contribution >= 4 is 5.91 Å². The second-order valence-corrected chi connectivity index (χ2v) is 7.51. The summed E-state index contributed by atoms with van der Waals surface area (Å²) in [6.45, 7) is 11.8. The summed E-state index contributed by atoms with van der Waals surface area (Å²) in [7, 11) is 0. The monoisotopic (exact) mass is 298 g/mol. The van der Waals surface area contributed by atoms with Gasteiger partial charge in [0, 0.05) is 31.1 Å². The molecular weight excluding hydrogens is 268 g/mol. The molecule has 1 aliphatic heterocycles. The van der Waals surface area contributed by atoms with E-state index in [0.29, 0.717) is 13.2 Å². The first kappa shape index (κ1) is 16.7. The van der Waals surface area contributed by atoms with Crippen molar-refractivity contribution in [2.75, 3.05) is 19.8 Å². The molecule has 122 valence electrons. The third-order valence-electron chi connectivity index (χ3n) is 5.27. The molecule has 1 heterocycles. The Hall–Kier alpha value is -0.650. The lowest BCUT2D eigenvalue weighted by Gasteiger charge is -2.65. The Morgan fingerprint density at radius 2 is 2.14 bits per heavy atom. The van der Waals surface area contributed by atoms with E-state index in [-0.39, 0.29) is 28.9 Å². The molecule has 3 unspecified atom stereocenters. The standard InChI is InChI=1S/C16H30N2O3/c1-6-21-14(2,3)10-18-13(19)16(17)11-8-7-9-20-12(11)15(16,4)5/h11-12H,6-10,17H2,1-5H3,(H,18,19). The number of carbonyl (C=O) groups excluding carboxylic acids is 1. The lowest BCUT2D eigenvalue weighted by molar-refractivity contribution is -0.225. The van der Waals surface area contributed by atoms with Crippen molar-refractivity contribution in [2.45, 2.75) is 64.7 Å². The number of ether oxygens (including phenoxy) is 2. The van der Waals surface area contributed by atoms with Crippen LogP contribution in [-0.2, 0) is 14.3 Å². The van der Waals surface area contributed by atoms with Crippen molar-refractivity contribution in [2.24, 2.45) is 17.1 Å². The average Bonchev–Trinajstić information content (AvgIpc) is 2.44. The maximum absolute atomic E-state index is 12.7. The van der Waals surface area contributed by atoms with E-state index < -0.39 is 5.54 Å². The van der Waals surface area contributed by atoms with Crippen LogP contribution in [0.15, 0.2) is 0 Å². The predicted molar refractivity (Wildman–Crippen MR) is 81.9 cm³/mol. The minimum Gasteiger partial charge on any atom is -0.377 e. The number of nitrogens with one attached hydrogen (secondary N) is 1. The molecule has 2 aliphatic rings. The SMILES string of the molecule is CCOC(C)(C)CNC(=O)C1(N)C2CCCOC2C1(C)C. The number of amides is 1. The molecule has 1 saturated carbocycles. The highest BCUT2D eigenvalue weighted by Gasteiger charge is 2.70. The molecule has 2 rings (SSSR count). The van der Waals surface area contributed by atoms with E-state index in [2.05, 4.69) is 5.32 Å². The van der Waals surface area contributed by atoms with Crippen LogP contribution in [0.3, 0.4) is 0 Å². The van der Waals surface area contributed by atoms with Crippen molar-refractivity contribution in [1.29, 1.82) is 0 Å². The summed E-state index contributed by atoms with van der Waals surface area (Å²) in [5.74, 6) is 0.0449. The molecule has 0 aromatic heterocycles. The van der Waals surface area contributed by atoms with Gasteiger partial charge in [-0.1, -0.05) is 13.8 Å². The third kappa shape index (κ3) is 2.60. The molecule has 0 aromatic carbocycles. The molecule has 2 fully saturated rings. The Morgan fingerprint density at radius 1 is 1.48 bits per heavy atom. The van der Waals surface area contributed by atoms with Crippen molar-refractivity contribution in [1.82, 2.24) is 5.32 Å². The van der Waals surface area contributed by atoms with Gasteiger partial charge in [0.1, 0.15) is 5.54 Å². The topological polar surface area (TPSA) is 73.6 Å². The molecule has 0 spiro atoms. The second kappa shape index (κ2) is 5.52. The minimum absolute atomic E-state index is 0.0768. The number of hydrogen-bond donors (Lipinski definition) is 2. The Morgan fingerprint density at radius 3 is 2.76 bits per heavy atom. The Bertz CT molecular complexity index is 408. The fourth-order valence-electron chi connectivity index (χ4n) is 3.92. The highest BCUT2D eigenvalue weighted by Crippen LogP contribution is 2.57. The average molecular weight is 298 g/mol. The molecule has 3 atom stereocenters. The normalized spacial score (nSPS) is 34.8. The summed E-state index contributed by atoms with van der Waals surface area (Å²) in [4.78, 5) is 12.7.